The Balaban J connectivity index is 1.86. The highest BCUT2D eigenvalue weighted by Crippen LogP contribution is 2.28. The smallest absolute Gasteiger partial charge is 0.343 e. The van der Waals surface area contributed by atoms with E-state index in [1.54, 1.807) is 24.3 Å². The van der Waals surface area contributed by atoms with Gasteiger partial charge in [-0.3, -0.25) is 4.79 Å². The summed E-state index contributed by atoms with van der Waals surface area (Å²) in [7, 11) is 0. The maximum Gasteiger partial charge on any atom is 0.343 e. The Morgan fingerprint density at radius 1 is 0.962 bits per heavy atom. The van der Waals surface area contributed by atoms with Gasteiger partial charge in [0, 0.05) is 12.8 Å². The zero-order chi connectivity index (χ0) is 18.5. The number of carboxylic acid groups (broad SMARTS) is 1. The second kappa shape index (κ2) is 7.87. The summed E-state index contributed by atoms with van der Waals surface area (Å²) in [6.45, 7) is 0. The molecular weight excluding hydrogens is 332 g/mol. The van der Waals surface area contributed by atoms with Crippen LogP contribution in [-0.2, 0) is 17.6 Å². The largest absolute Gasteiger partial charge is 0.507 e. The Labute approximate surface area is 150 Å². The molecule has 3 aromatic rings. The Morgan fingerprint density at radius 2 is 1.65 bits per heavy atom. The number of hydrogen-bond acceptors (Lipinski definition) is 4. The first-order chi connectivity index (χ1) is 12.6. The molecule has 0 atom stereocenters. The predicted octanol–water partition coefficient (Wildman–Crippen LogP) is 3.89. The summed E-state index contributed by atoms with van der Waals surface area (Å²) in [5.41, 5.74) is 2.04. The van der Waals surface area contributed by atoms with Crippen molar-refractivity contribution in [1.82, 2.24) is 0 Å². The van der Waals surface area contributed by atoms with Gasteiger partial charge in [0.25, 0.3) is 0 Å². The van der Waals surface area contributed by atoms with Gasteiger partial charge in [0.05, 0.1) is 10.9 Å². The highest BCUT2D eigenvalue weighted by Gasteiger charge is 2.15. The number of aromatic hydroxyl groups is 1. The lowest BCUT2D eigenvalue weighted by molar-refractivity contribution is -0.137. The molecule has 0 spiro atoms. The predicted molar refractivity (Wildman–Crippen MR) is 98.6 cm³/mol. The van der Waals surface area contributed by atoms with Crippen molar-refractivity contribution in [3.63, 3.8) is 0 Å². The molecule has 0 saturated carbocycles. The first kappa shape index (κ1) is 17.7. The molecule has 2 N–H and O–H groups in total. The van der Waals surface area contributed by atoms with Crippen molar-refractivity contribution in [1.29, 1.82) is 0 Å². The van der Waals surface area contributed by atoms with Gasteiger partial charge in [-0.15, -0.1) is 0 Å². The average molecular weight is 352 g/mol. The lowest BCUT2D eigenvalue weighted by Gasteiger charge is -2.11. The van der Waals surface area contributed by atoms with Crippen LogP contribution in [0.15, 0.2) is 57.7 Å². The molecule has 0 aliphatic carbocycles. The topological polar surface area (TPSA) is 87.7 Å². The van der Waals surface area contributed by atoms with E-state index in [1.807, 2.05) is 24.3 Å². The van der Waals surface area contributed by atoms with Gasteiger partial charge in [-0.05, 0) is 42.5 Å². The van der Waals surface area contributed by atoms with Gasteiger partial charge >= 0.3 is 11.6 Å². The lowest BCUT2D eigenvalue weighted by Crippen LogP contribution is -2.09. The minimum Gasteiger partial charge on any atom is -0.507 e. The van der Waals surface area contributed by atoms with E-state index in [0.717, 1.165) is 24.0 Å². The van der Waals surface area contributed by atoms with Gasteiger partial charge < -0.3 is 14.6 Å². The van der Waals surface area contributed by atoms with E-state index < -0.39 is 11.6 Å². The minimum atomic E-state index is -0.794. The van der Waals surface area contributed by atoms with E-state index in [2.05, 4.69) is 0 Å². The molecule has 0 aliphatic rings. The zero-order valence-electron chi connectivity index (χ0n) is 14.3. The van der Waals surface area contributed by atoms with Crippen molar-refractivity contribution >= 4 is 16.9 Å². The molecule has 5 nitrogen and oxygen atoms in total. The maximum absolute atomic E-state index is 12.3. The number of carbonyl (C=O) groups is 1. The fraction of sp³-hybridized carbons (Fsp3) is 0.238. The second-order valence-corrected chi connectivity index (χ2v) is 6.26. The molecule has 0 unspecified atom stereocenters. The molecule has 0 bridgehead atoms. The molecular formula is C21H20O5. The summed E-state index contributed by atoms with van der Waals surface area (Å²) in [4.78, 5) is 22.9. The highest BCUT2D eigenvalue weighted by molar-refractivity contribution is 5.84. The normalized spacial score (nSPS) is 10.9. The molecule has 2 aromatic carbocycles. The summed E-state index contributed by atoms with van der Waals surface area (Å²) >= 11 is 0. The first-order valence-corrected chi connectivity index (χ1v) is 8.58. The fourth-order valence-electron chi connectivity index (χ4n) is 3.08. The number of aryl methyl sites for hydroxylation is 1. The minimum absolute atomic E-state index is 0.0440. The van der Waals surface area contributed by atoms with Gasteiger partial charge in [0.2, 0.25) is 0 Å². The van der Waals surface area contributed by atoms with Crippen LogP contribution >= 0.6 is 0 Å². The molecule has 3 rings (SSSR count). The van der Waals surface area contributed by atoms with Crippen LogP contribution in [-0.4, -0.2) is 16.2 Å². The third kappa shape index (κ3) is 3.94. The Kier molecular flexibility index (Phi) is 5.37. The number of carboxylic acids is 1. The summed E-state index contributed by atoms with van der Waals surface area (Å²) in [5.74, 6) is -0.838. The van der Waals surface area contributed by atoms with Gasteiger partial charge in [-0.2, -0.15) is 0 Å². The standard InChI is InChI=1S/C21H20O5/c22-19(23)12-6-3-8-14-7-1-2-9-15(14)13-17-20(24)16-10-4-5-11-18(16)26-21(17)25/h1-2,4-5,7,9-11,24H,3,6,8,12-13H2,(H,22,23). The molecule has 26 heavy (non-hydrogen) atoms. The maximum atomic E-state index is 12.3. The van der Waals surface area contributed by atoms with Crippen LogP contribution < -0.4 is 5.63 Å². The van der Waals surface area contributed by atoms with Crippen molar-refractivity contribution in [3.8, 4) is 5.75 Å². The van der Waals surface area contributed by atoms with E-state index in [9.17, 15) is 14.7 Å². The van der Waals surface area contributed by atoms with E-state index in [1.165, 1.54) is 0 Å². The fourth-order valence-corrected chi connectivity index (χ4v) is 3.08. The molecule has 0 saturated heterocycles. The van der Waals surface area contributed by atoms with Crippen LogP contribution in [0.1, 0.15) is 36.0 Å². The summed E-state index contributed by atoms with van der Waals surface area (Å²) in [6, 6.07) is 14.6. The van der Waals surface area contributed by atoms with Crippen LogP contribution in [0.2, 0.25) is 0 Å². The number of rotatable bonds is 7. The Morgan fingerprint density at radius 3 is 2.42 bits per heavy atom. The lowest BCUT2D eigenvalue weighted by atomic mass is 9.96. The quantitative estimate of drug-likeness (QED) is 0.497. The van der Waals surface area contributed by atoms with Crippen LogP contribution in [0.25, 0.3) is 11.0 Å². The van der Waals surface area contributed by atoms with E-state index in [-0.39, 0.29) is 24.2 Å². The molecule has 134 valence electrons. The summed E-state index contributed by atoms with van der Waals surface area (Å²) in [6.07, 6.45) is 2.50. The molecule has 0 fully saturated rings. The van der Waals surface area contributed by atoms with E-state index in [0.29, 0.717) is 17.4 Å². The third-order valence-corrected chi connectivity index (χ3v) is 4.45. The monoisotopic (exact) mass is 352 g/mol. The Bertz CT molecular complexity index is 987. The number of para-hydroxylation sites is 1. The van der Waals surface area contributed by atoms with Crippen molar-refractivity contribution in [3.05, 3.63) is 75.6 Å². The molecule has 0 amide bonds. The van der Waals surface area contributed by atoms with Crippen molar-refractivity contribution < 1.29 is 19.4 Å². The van der Waals surface area contributed by atoms with Crippen LogP contribution in [0, 0.1) is 0 Å². The summed E-state index contributed by atoms with van der Waals surface area (Å²) in [5, 5.41) is 19.8. The summed E-state index contributed by atoms with van der Waals surface area (Å²) < 4.78 is 5.33. The van der Waals surface area contributed by atoms with Crippen LogP contribution in [0.5, 0.6) is 5.75 Å². The van der Waals surface area contributed by atoms with E-state index >= 15 is 0 Å². The first-order valence-electron chi connectivity index (χ1n) is 8.58. The van der Waals surface area contributed by atoms with Gasteiger partial charge in [-0.25, -0.2) is 4.79 Å². The van der Waals surface area contributed by atoms with Crippen molar-refractivity contribution in [2.45, 2.75) is 32.1 Å². The number of fused-ring (bicyclic) bond motifs is 1. The SMILES string of the molecule is O=C(O)CCCCc1ccccc1Cc1c(O)c2ccccc2oc1=O. The third-order valence-electron chi connectivity index (χ3n) is 4.45. The Hall–Kier alpha value is -3.08. The number of unbranched alkanes of at least 4 members (excludes halogenated alkanes) is 1. The number of benzene rings is 2. The van der Waals surface area contributed by atoms with Crippen LogP contribution in [0.3, 0.4) is 0 Å². The number of hydrogen-bond donors (Lipinski definition) is 2. The molecule has 5 heteroatoms. The highest BCUT2D eigenvalue weighted by atomic mass is 16.4. The van der Waals surface area contributed by atoms with Crippen molar-refractivity contribution in [2.75, 3.05) is 0 Å². The zero-order valence-corrected chi connectivity index (χ0v) is 14.3. The second-order valence-electron chi connectivity index (χ2n) is 6.26. The molecule has 1 aromatic heterocycles. The molecule has 0 radical (unpaired) electrons. The number of aliphatic carboxylic acids is 1. The van der Waals surface area contributed by atoms with Gasteiger partial charge in [0.15, 0.2) is 0 Å². The average Bonchev–Trinajstić information content (AvgIpc) is 2.63. The van der Waals surface area contributed by atoms with Gasteiger partial charge in [-0.1, -0.05) is 36.4 Å². The molecule has 0 aliphatic heterocycles. The van der Waals surface area contributed by atoms with Crippen LogP contribution in [0.4, 0.5) is 0 Å². The van der Waals surface area contributed by atoms with Crippen molar-refractivity contribution in [2.24, 2.45) is 0 Å². The van der Waals surface area contributed by atoms with E-state index in [4.69, 9.17) is 9.52 Å². The van der Waals surface area contributed by atoms with Gasteiger partial charge in [0.1, 0.15) is 11.3 Å². The molecule has 1 heterocycles.